The van der Waals surface area contributed by atoms with Crippen LogP contribution < -0.4 is 5.32 Å². The average molecular weight is 373 g/mol. The van der Waals surface area contributed by atoms with E-state index in [2.05, 4.69) is 47.1 Å². The number of amides is 1. The molecule has 0 spiro atoms. The summed E-state index contributed by atoms with van der Waals surface area (Å²) < 4.78 is 1.71. The first kappa shape index (κ1) is 13.3. The van der Waals surface area contributed by atoms with E-state index in [1.54, 1.807) is 24.5 Å². The minimum absolute atomic E-state index is 0.138. The third-order valence-electron chi connectivity index (χ3n) is 2.40. The SMILES string of the molecule is CC(NC(=O)c1cc(Br)cc(Br)c1)c1ncc[nH]1. The van der Waals surface area contributed by atoms with Gasteiger partial charge in [-0.15, -0.1) is 0 Å². The first-order chi connectivity index (χ1) is 8.56. The summed E-state index contributed by atoms with van der Waals surface area (Å²) in [5.74, 6) is 0.596. The summed E-state index contributed by atoms with van der Waals surface area (Å²) in [5, 5.41) is 2.88. The molecule has 0 aliphatic carbocycles. The van der Waals surface area contributed by atoms with Crippen LogP contribution in [-0.2, 0) is 0 Å². The molecular weight excluding hydrogens is 362 g/mol. The predicted octanol–water partition coefficient (Wildman–Crippen LogP) is 3.43. The number of rotatable bonds is 3. The Morgan fingerprint density at radius 1 is 1.33 bits per heavy atom. The van der Waals surface area contributed by atoms with Crippen LogP contribution in [-0.4, -0.2) is 15.9 Å². The summed E-state index contributed by atoms with van der Waals surface area (Å²) in [4.78, 5) is 19.1. The number of benzene rings is 1. The largest absolute Gasteiger partial charge is 0.347 e. The highest BCUT2D eigenvalue weighted by atomic mass is 79.9. The van der Waals surface area contributed by atoms with Crippen LogP contribution in [0.4, 0.5) is 0 Å². The second kappa shape index (κ2) is 5.67. The molecule has 2 aromatic rings. The number of aromatic amines is 1. The Hall–Kier alpha value is -1.14. The minimum atomic E-state index is -0.162. The number of hydrogen-bond acceptors (Lipinski definition) is 2. The van der Waals surface area contributed by atoms with Gasteiger partial charge in [-0.05, 0) is 25.1 Å². The molecule has 0 aliphatic heterocycles. The highest BCUT2D eigenvalue weighted by Gasteiger charge is 2.13. The van der Waals surface area contributed by atoms with Crippen molar-refractivity contribution in [3.63, 3.8) is 0 Å². The van der Waals surface area contributed by atoms with E-state index in [0.29, 0.717) is 5.56 Å². The standard InChI is InChI=1S/C12H11Br2N3O/c1-7(11-15-2-3-16-11)17-12(18)8-4-9(13)6-10(14)5-8/h2-7H,1H3,(H,15,16)(H,17,18). The topological polar surface area (TPSA) is 57.8 Å². The zero-order valence-corrected chi connectivity index (χ0v) is 12.7. The lowest BCUT2D eigenvalue weighted by atomic mass is 10.2. The first-order valence-corrected chi connectivity index (χ1v) is 6.91. The van der Waals surface area contributed by atoms with Crippen molar-refractivity contribution < 1.29 is 4.79 Å². The van der Waals surface area contributed by atoms with E-state index in [0.717, 1.165) is 14.8 Å². The minimum Gasteiger partial charge on any atom is -0.347 e. The fourth-order valence-electron chi connectivity index (χ4n) is 1.55. The molecule has 1 aromatic heterocycles. The van der Waals surface area contributed by atoms with Crippen LogP contribution in [0.3, 0.4) is 0 Å². The van der Waals surface area contributed by atoms with Crippen molar-refractivity contribution in [2.45, 2.75) is 13.0 Å². The van der Waals surface area contributed by atoms with Gasteiger partial charge in [0.1, 0.15) is 5.82 Å². The number of halogens is 2. The second-order valence-electron chi connectivity index (χ2n) is 3.83. The van der Waals surface area contributed by atoms with Crippen LogP contribution >= 0.6 is 31.9 Å². The number of hydrogen-bond donors (Lipinski definition) is 2. The summed E-state index contributed by atoms with van der Waals surface area (Å²) in [6.45, 7) is 1.88. The summed E-state index contributed by atoms with van der Waals surface area (Å²) in [6, 6.07) is 5.27. The Kier molecular flexibility index (Phi) is 4.19. The number of nitrogens with one attached hydrogen (secondary N) is 2. The van der Waals surface area contributed by atoms with Gasteiger partial charge in [0, 0.05) is 26.9 Å². The molecule has 0 fully saturated rings. The number of carbonyl (C=O) groups is 1. The van der Waals surface area contributed by atoms with Gasteiger partial charge in [0.25, 0.3) is 5.91 Å². The normalized spacial score (nSPS) is 12.2. The van der Waals surface area contributed by atoms with Crippen LogP contribution in [0.1, 0.15) is 29.1 Å². The van der Waals surface area contributed by atoms with Gasteiger partial charge in [-0.2, -0.15) is 0 Å². The van der Waals surface area contributed by atoms with Gasteiger partial charge in [-0.3, -0.25) is 4.79 Å². The molecule has 1 atom stereocenters. The van der Waals surface area contributed by atoms with E-state index >= 15 is 0 Å². The molecule has 1 heterocycles. The van der Waals surface area contributed by atoms with Crippen LogP contribution in [0.15, 0.2) is 39.5 Å². The third kappa shape index (κ3) is 3.20. The maximum absolute atomic E-state index is 12.1. The van der Waals surface area contributed by atoms with E-state index in [-0.39, 0.29) is 11.9 Å². The van der Waals surface area contributed by atoms with Crippen molar-refractivity contribution in [3.8, 4) is 0 Å². The van der Waals surface area contributed by atoms with Crippen LogP contribution in [0.5, 0.6) is 0 Å². The van der Waals surface area contributed by atoms with E-state index in [1.807, 2.05) is 13.0 Å². The molecule has 0 saturated carbocycles. The van der Waals surface area contributed by atoms with Crippen molar-refractivity contribution in [2.75, 3.05) is 0 Å². The van der Waals surface area contributed by atoms with Gasteiger partial charge in [0.05, 0.1) is 6.04 Å². The summed E-state index contributed by atoms with van der Waals surface area (Å²) in [6.07, 6.45) is 3.39. The Balaban J connectivity index is 2.12. The van der Waals surface area contributed by atoms with Crippen molar-refractivity contribution >= 4 is 37.8 Å². The lowest BCUT2D eigenvalue weighted by Crippen LogP contribution is -2.27. The molecule has 6 heteroatoms. The molecule has 0 bridgehead atoms. The fourth-order valence-corrected chi connectivity index (χ4v) is 2.84. The Bertz CT molecular complexity index is 534. The molecule has 1 aromatic carbocycles. The van der Waals surface area contributed by atoms with Crippen molar-refractivity contribution in [2.24, 2.45) is 0 Å². The number of aromatic nitrogens is 2. The zero-order valence-electron chi connectivity index (χ0n) is 9.58. The second-order valence-corrected chi connectivity index (χ2v) is 5.66. The zero-order chi connectivity index (χ0) is 13.1. The van der Waals surface area contributed by atoms with Crippen LogP contribution in [0.2, 0.25) is 0 Å². The van der Waals surface area contributed by atoms with Gasteiger partial charge in [-0.25, -0.2) is 4.98 Å². The van der Waals surface area contributed by atoms with Gasteiger partial charge >= 0.3 is 0 Å². The van der Waals surface area contributed by atoms with Gasteiger partial charge < -0.3 is 10.3 Å². The lowest BCUT2D eigenvalue weighted by Gasteiger charge is -2.11. The smallest absolute Gasteiger partial charge is 0.251 e. The van der Waals surface area contributed by atoms with E-state index in [9.17, 15) is 4.79 Å². The van der Waals surface area contributed by atoms with Crippen molar-refractivity contribution in [1.82, 2.24) is 15.3 Å². The molecule has 4 nitrogen and oxygen atoms in total. The number of imidazole rings is 1. The summed E-state index contributed by atoms with van der Waals surface area (Å²) in [7, 11) is 0. The Labute approximate surface area is 121 Å². The molecule has 2 rings (SSSR count). The van der Waals surface area contributed by atoms with Crippen LogP contribution in [0.25, 0.3) is 0 Å². The summed E-state index contributed by atoms with van der Waals surface area (Å²) in [5.41, 5.74) is 0.592. The molecule has 1 amide bonds. The van der Waals surface area contributed by atoms with Crippen molar-refractivity contribution in [3.05, 3.63) is 50.9 Å². The third-order valence-corrected chi connectivity index (χ3v) is 3.32. The molecule has 0 aliphatic rings. The fraction of sp³-hybridized carbons (Fsp3) is 0.167. The number of nitrogens with zero attached hydrogens (tertiary/aromatic N) is 1. The lowest BCUT2D eigenvalue weighted by molar-refractivity contribution is 0.0938. The van der Waals surface area contributed by atoms with Gasteiger partial charge in [0.15, 0.2) is 0 Å². The highest BCUT2D eigenvalue weighted by molar-refractivity contribution is 9.11. The Morgan fingerprint density at radius 2 is 2.00 bits per heavy atom. The quantitative estimate of drug-likeness (QED) is 0.867. The van der Waals surface area contributed by atoms with Crippen molar-refractivity contribution in [1.29, 1.82) is 0 Å². The number of carbonyl (C=O) groups excluding carboxylic acids is 1. The molecule has 0 saturated heterocycles. The molecular formula is C12H11Br2N3O. The van der Waals surface area contributed by atoms with E-state index < -0.39 is 0 Å². The Morgan fingerprint density at radius 3 is 2.56 bits per heavy atom. The molecule has 0 radical (unpaired) electrons. The number of H-pyrrole nitrogens is 1. The van der Waals surface area contributed by atoms with Crippen LogP contribution in [0, 0.1) is 0 Å². The molecule has 2 N–H and O–H groups in total. The predicted molar refractivity (Wildman–Crippen MR) is 76.3 cm³/mol. The van der Waals surface area contributed by atoms with E-state index in [4.69, 9.17) is 0 Å². The highest BCUT2D eigenvalue weighted by Crippen LogP contribution is 2.20. The molecule has 18 heavy (non-hydrogen) atoms. The first-order valence-electron chi connectivity index (χ1n) is 5.32. The average Bonchev–Trinajstić information content (AvgIpc) is 2.80. The monoisotopic (exact) mass is 371 g/mol. The maximum atomic E-state index is 12.1. The molecule has 1 unspecified atom stereocenters. The molecule has 94 valence electrons. The van der Waals surface area contributed by atoms with Gasteiger partial charge in [0.2, 0.25) is 0 Å². The summed E-state index contributed by atoms with van der Waals surface area (Å²) >= 11 is 6.72. The maximum Gasteiger partial charge on any atom is 0.251 e. The van der Waals surface area contributed by atoms with E-state index in [1.165, 1.54) is 0 Å². The van der Waals surface area contributed by atoms with Gasteiger partial charge in [-0.1, -0.05) is 31.9 Å².